The van der Waals surface area contributed by atoms with Gasteiger partial charge in [-0.3, -0.25) is 9.78 Å². The minimum atomic E-state index is -0.311. The third-order valence-electron chi connectivity index (χ3n) is 1.95. The maximum absolute atomic E-state index is 11.6. The van der Waals surface area contributed by atoms with E-state index in [0.717, 1.165) is 5.69 Å². The largest absolute Gasteiger partial charge is 0.392 e. The molecule has 80 valence electrons. The van der Waals surface area contributed by atoms with Crippen molar-refractivity contribution >= 4 is 23.1 Å². The third kappa shape index (κ3) is 3.28. The molecular formula is C10H13N3OS. The smallest absolute Gasteiger partial charge is 0.253 e. The number of nitrogens with one attached hydrogen (secondary N) is 1. The van der Waals surface area contributed by atoms with Crippen molar-refractivity contribution in [3.63, 3.8) is 0 Å². The molecule has 0 aliphatic rings. The molecule has 3 N–H and O–H groups in total. The highest BCUT2D eigenvalue weighted by Crippen LogP contribution is 1.99. The van der Waals surface area contributed by atoms with Crippen molar-refractivity contribution in [2.75, 3.05) is 0 Å². The Hall–Kier alpha value is -1.49. The number of nitrogens with zero attached hydrogens (tertiary/aromatic N) is 1. The van der Waals surface area contributed by atoms with Gasteiger partial charge >= 0.3 is 0 Å². The third-order valence-corrected chi connectivity index (χ3v) is 2.30. The van der Waals surface area contributed by atoms with Crippen molar-refractivity contribution in [2.24, 2.45) is 5.73 Å². The van der Waals surface area contributed by atoms with E-state index in [1.165, 1.54) is 6.20 Å². The van der Waals surface area contributed by atoms with E-state index in [1.54, 1.807) is 19.1 Å². The number of aryl methyl sites for hydroxylation is 1. The van der Waals surface area contributed by atoms with E-state index in [-0.39, 0.29) is 16.9 Å². The molecule has 1 aromatic rings. The van der Waals surface area contributed by atoms with Crippen LogP contribution in [0, 0.1) is 6.92 Å². The van der Waals surface area contributed by atoms with Gasteiger partial charge in [0.2, 0.25) is 0 Å². The minimum absolute atomic E-state index is 0.220. The molecule has 0 spiro atoms. The lowest BCUT2D eigenvalue weighted by molar-refractivity contribution is 0.0949. The molecule has 0 aromatic carbocycles. The quantitative estimate of drug-likeness (QED) is 0.744. The average Bonchev–Trinajstić information content (AvgIpc) is 2.18. The van der Waals surface area contributed by atoms with Gasteiger partial charge in [0.25, 0.3) is 5.91 Å². The number of amides is 1. The van der Waals surface area contributed by atoms with Gasteiger partial charge in [0.15, 0.2) is 0 Å². The molecule has 0 saturated carbocycles. The molecule has 0 fully saturated rings. The first kappa shape index (κ1) is 11.6. The second-order valence-electron chi connectivity index (χ2n) is 3.29. The second-order valence-corrected chi connectivity index (χ2v) is 3.76. The number of thiocarbonyl (C=S) groups is 1. The van der Waals surface area contributed by atoms with E-state index in [4.69, 9.17) is 18.0 Å². The van der Waals surface area contributed by atoms with Gasteiger partial charge < -0.3 is 11.1 Å². The zero-order chi connectivity index (χ0) is 11.4. The van der Waals surface area contributed by atoms with E-state index in [9.17, 15) is 4.79 Å². The topological polar surface area (TPSA) is 68.0 Å². The van der Waals surface area contributed by atoms with Crippen LogP contribution >= 0.6 is 12.2 Å². The van der Waals surface area contributed by atoms with Gasteiger partial charge in [0.1, 0.15) is 0 Å². The van der Waals surface area contributed by atoms with Crippen LogP contribution in [-0.4, -0.2) is 21.9 Å². The van der Waals surface area contributed by atoms with Crippen LogP contribution in [0.4, 0.5) is 0 Å². The van der Waals surface area contributed by atoms with Crippen LogP contribution in [-0.2, 0) is 0 Å². The first-order valence-corrected chi connectivity index (χ1v) is 4.94. The van der Waals surface area contributed by atoms with Crippen molar-refractivity contribution in [1.82, 2.24) is 10.3 Å². The zero-order valence-corrected chi connectivity index (χ0v) is 9.47. The monoisotopic (exact) mass is 223 g/mol. The maximum atomic E-state index is 11.6. The maximum Gasteiger partial charge on any atom is 0.253 e. The van der Waals surface area contributed by atoms with Crippen LogP contribution in [0.2, 0.25) is 0 Å². The van der Waals surface area contributed by atoms with Crippen molar-refractivity contribution in [3.05, 3.63) is 29.6 Å². The van der Waals surface area contributed by atoms with Crippen LogP contribution < -0.4 is 11.1 Å². The molecule has 5 heteroatoms. The Morgan fingerprint density at radius 3 is 2.73 bits per heavy atom. The van der Waals surface area contributed by atoms with Crippen molar-refractivity contribution in [2.45, 2.75) is 19.9 Å². The van der Waals surface area contributed by atoms with E-state index < -0.39 is 0 Å². The zero-order valence-electron chi connectivity index (χ0n) is 8.65. The molecule has 1 rings (SSSR count). The number of carbonyl (C=O) groups excluding carboxylic acids is 1. The molecule has 0 aliphatic carbocycles. The number of aromatic nitrogens is 1. The van der Waals surface area contributed by atoms with E-state index in [2.05, 4.69) is 10.3 Å². The number of rotatable bonds is 3. The summed E-state index contributed by atoms with van der Waals surface area (Å²) in [6, 6.07) is 3.18. The normalized spacial score (nSPS) is 11.9. The summed E-state index contributed by atoms with van der Waals surface area (Å²) in [5.41, 5.74) is 6.76. The summed E-state index contributed by atoms with van der Waals surface area (Å²) in [6.45, 7) is 3.60. The van der Waals surface area contributed by atoms with Crippen LogP contribution in [0.25, 0.3) is 0 Å². The predicted molar refractivity (Wildman–Crippen MR) is 62.7 cm³/mol. The second kappa shape index (κ2) is 4.84. The standard InChI is InChI=1S/C10H13N3OS/c1-6-3-4-8(5-12-6)10(14)13-7(2)9(11)15/h3-5,7H,1-2H3,(H2,11,15)(H,13,14). The molecule has 0 radical (unpaired) electrons. The molecule has 1 aromatic heterocycles. The average molecular weight is 223 g/mol. The highest BCUT2D eigenvalue weighted by Gasteiger charge is 2.11. The molecule has 4 nitrogen and oxygen atoms in total. The van der Waals surface area contributed by atoms with Gasteiger partial charge in [0, 0.05) is 11.9 Å². The van der Waals surface area contributed by atoms with Crippen molar-refractivity contribution in [3.8, 4) is 0 Å². The summed E-state index contributed by atoms with van der Waals surface area (Å²) in [7, 11) is 0. The van der Waals surface area contributed by atoms with E-state index in [1.807, 2.05) is 6.92 Å². The summed E-state index contributed by atoms with van der Waals surface area (Å²) in [5, 5.41) is 2.67. The van der Waals surface area contributed by atoms with Crippen LogP contribution in [0.3, 0.4) is 0 Å². The summed E-state index contributed by atoms with van der Waals surface area (Å²) >= 11 is 4.75. The van der Waals surface area contributed by atoms with Crippen LogP contribution in [0.15, 0.2) is 18.3 Å². The Labute approximate surface area is 93.9 Å². The highest BCUT2D eigenvalue weighted by atomic mass is 32.1. The molecule has 1 amide bonds. The molecular weight excluding hydrogens is 210 g/mol. The Bertz CT molecular complexity index is 375. The number of hydrogen-bond donors (Lipinski definition) is 2. The Morgan fingerprint density at radius 2 is 2.27 bits per heavy atom. The first-order valence-electron chi connectivity index (χ1n) is 4.53. The first-order chi connectivity index (χ1) is 7.00. The fourth-order valence-corrected chi connectivity index (χ4v) is 1.01. The summed E-state index contributed by atoms with van der Waals surface area (Å²) in [4.78, 5) is 15.9. The lowest BCUT2D eigenvalue weighted by Crippen LogP contribution is -2.41. The van der Waals surface area contributed by atoms with Gasteiger partial charge in [0.05, 0.1) is 16.6 Å². The number of nitrogens with two attached hydrogens (primary N) is 1. The van der Waals surface area contributed by atoms with Crippen LogP contribution in [0.5, 0.6) is 0 Å². The van der Waals surface area contributed by atoms with Gasteiger partial charge in [-0.2, -0.15) is 0 Å². The molecule has 1 atom stereocenters. The fraction of sp³-hybridized carbons (Fsp3) is 0.300. The molecule has 15 heavy (non-hydrogen) atoms. The van der Waals surface area contributed by atoms with Gasteiger partial charge in [-0.25, -0.2) is 0 Å². The summed E-state index contributed by atoms with van der Waals surface area (Å²) in [5.74, 6) is -0.220. The van der Waals surface area contributed by atoms with Gasteiger partial charge in [-0.1, -0.05) is 12.2 Å². The van der Waals surface area contributed by atoms with Gasteiger partial charge in [-0.05, 0) is 26.0 Å². The van der Waals surface area contributed by atoms with Crippen LogP contribution in [0.1, 0.15) is 23.0 Å². The SMILES string of the molecule is Cc1ccc(C(=O)NC(C)C(N)=S)cn1. The summed E-state index contributed by atoms with van der Waals surface area (Å²) in [6.07, 6.45) is 1.52. The minimum Gasteiger partial charge on any atom is -0.392 e. The fourth-order valence-electron chi connectivity index (χ4n) is 0.953. The molecule has 0 saturated heterocycles. The number of hydrogen-bond acceptors (Lipinski definition) is 3. The lowest BCUT2D eigenvalue weighted by Gasteiger charge is -2.11. The predicted octanol–water partition coefficient (Wildman–Crippen LogP) is 0.794. The molecule has 1 heterocycles. The molecule has 1 unspecified atom stereocenters. The summed E-state index contributed by atoms with van der Waals surface area (Å²) < 4.78 is 0. The Balaban J connectivity index is 2.69. The van der Waals surface area contributed by atoms with E-state index in [0.29, 0.717) is 5.56 Å². The van der Waals surface area contributed by atoms with Gasteiger partial charge in [-0.15, -0.1) is 0 Å². The van der Waals surface area contributed by atoms with Crippen molar-refractivity contribution in [1.29, 1.82) is 0 Å². The number of pyridine rings is 1. The van der Waals surface area contributed by atoms with Crippen molar-refractivity contribution < 1.29 is 4.79 Å². The molecule has 0 bridgehead atoms. The van der Waals surface area contributed by atoms with E-state index >= 15 is 0 Å². The lowest BCUT2D eigenvalue weighted by atomic mass is 10.2. The Kier molecular flexibility index (Phi) is 3.74. The Morgan fingerprint density at radius 1 is 1.60 bits per heavy atom. The molecule has 0 aliphatic heterocycles. The number of carbonyl (C=O) groups is 1. The highest BCUT2D eigenvalue weighted by molar-refractivity contribution is 7.80.